The molecule has 2 N–H and O–H groups in total. The zero-order valence-corrected chi connectivity index (χ0v) is 19.1. The largest absolute Gasteiger partial charge is 0.451 e. The zero-order valence-electron chi connectivity index (χ0n) is 17.6. The molecular weight excluding hydrogens is 465 g/mol. The second-order valence-corrected chi connectivity index (χ2v) is 9.04. The van der Waals surface area contributed by atoms with E-state index in [0.717, 1.165) is 23.6 Å². The third-order valence-electron chi connectivity index (χ3n) is 5.83. The lowest BCUT2D eigenvalue weighted by Crippen LogP contribution is -2.47. The summed E-state index contributed by atoms with van der Waals surface area (Å²) in [6.45, 7) is 1.91. The zero-order chi connectivity index (χ0) is 22.9. The van der Waals surface area contributed by atoms with Gasteiger partial charge >= 0.3 is 5.91 Å². The average molecular weight is 486 g/mol. The number of furan rings is 2. The molecule has 1 fully saturated rings. The number of rotatable bonds is 5. The van der Waals surface area contributed by atoms with Crippen molar-refractivity contribution in [2.24, 2.45) is 5.92 Å². The first-order valence-electron chi connectivity index (χ1n) is 10.7. The highest BCUT2D eigenvalue weighted by atomic mass is 35.5. The first-order valence-corrected chi connectivity index (χ1v) is 11.4. The maximum Gasteiger partial charge on any atom is 0.301 e. The van der Waals surface area contributed by atoms with Gasteiger partial charge in [0.05, 0.1) is 0 Å². The van der Waals surface area contributed by atoms with E-state index in [1.165, 1.54) is 0 Å². The van der Waals surface area contributed by atoms with Crippen molar-refractivity contribution in [1.82, 2.24) is 15.8 Å². The Morgan fingerprint density at radius 2 is 1.39 bits per heavy atom. The molecule has 0 spiro atoms. The number of carbonyl (C=O) groups is 2. The third-order valence-corrected chi connectivity index (χ3v) is 6.30. The van der Waals surface area contributed by atoms with Crippen molar-refractivity contribution in [1.29, 1.82) is 0 Å². The molecular formula is C24H21Cl2N3O4. The van der Waals surface area contributed by atoms with E-state index in [9.17, 15) is 9.59 Å². The van der Waals surface area contributed by atoms with Crippen molar-refractivity contribution in [2.45, 2.75) is 12.8 Å². The van der Waals surface area contributed by atoms with Crippen LogP contribution in [0.4, 0.5) is 0 Å². The molecule has 1 aliphatic heterocycles. The van der Waals surface area contributed by atoms with Gasteiger partial charge in [-0.05, 0) is 67.3 Å². The fourth-order valence-electron chi connectivity index (χ4n) is 4.02. The standard InChI is InChI=1S/C24H21Cl2N3O4/c25-17-1-3-19-15(9-17)11-21(32-19)23(30)27-13-14-5-7-29(8-6-14)28-24(31)22-12-16-10-18(26)2-4-20(16)33-22/h1-4,9-12,14H,5-8,13H2,(H,27,30)(H,28,31). The number of hydrogen-bond donors (Lipinski definition) is 2. The van der Waals surface area contributed by atoms with Crippen molar-refractivity contribution in [3.63, 3.8) is 0 Å². The summed E-state index contributed by atoms with van der Waals surface area (Å²) in [4.78, 5) is 25.0. The van der Waals surface area contributed by atoms with Gasteiger partial charge in [0, 0.05) is 40.5 Å². The Morgan fingerprint density at radius 3 is 1.97 bits per heavy atom. The summed E-state index contributed by atoms with van der Waals surface area (Å²) in [5.74, 6) is 0.286. The van der Waals surface area contributed by atoms with Crippen LogP contribution < -0.4 is 10.7 Å². The van der Waals surface area contributed by atoms with Gasteiger partial charge in [-0.3, -0.25) is 15.0 Å². The van der Waals surface area contributed by atoms with E-state index in [4.69, 9.17) is 32.0 Å². The van der Waals surface area contributed by atoms with Crippen LogP contribution in [-0.2, 0) is 0 Å². The number of amides is 2. The van der Waals surface area contributed by atoms with Crippen molar-refractivity contribution >= 4 is 57.0 Å². The molecule has 0 radical (unpaired) electrons. The Bertz CT molecular complexity index is 1340. The summed E-state index contributed by atoms with van der Waals surface area (Å²) in [6.07, 6.45) is 1.68. The Balaban J connectivity index is 1.10. The number of nitrogens with one attached hydrogen (secondary N) is 2. The van der Waals surface area contributed by atoms with Gasteiger partial charge in [0.25, 0.3) is 5.91 Å². The van der Waals surface area contributed by atoms with Gasteiger partial charge in [0.1, 0.15) is 11.2 Å². The molecule has 0 atom stereocenters. The normalized spacial score (nSPS) is 15.2. The molecule has 2 amide bonds. The van der Waals surface area contributed by atoms with E-state index >= 15 is 0 Å². The number of benzene rings is 2. The quantitative estimate of drug-likeness (QED) is 0.401. The molecule has 2 aromatic carbocycles. The Kier molecular flexibility index (Phi) is 6.01. The summed E-state index contributed by atoms with van der Waals surface area (Å²) in [6, 6.07) is 13.9. The van der Waals surface area contributed by atoms with Gasteiger partial charge in [0.15, 0.2) is 11.5 Å². The van der Waals surface area contributed by atoms with E-state index < -0.39 is 0 Å². The maximum atomic E-state index is 12.6. The van der Waals surface area contributed by atoms with Crippen molar-refractivity contribution in [3.05, 3.63) is 70.1 Å². The Labute approximate surface area is 199 Å². The SMILES string of the molecule is O=C(NCC1CCN(NC(=O)c2cc3cc(Cl)ccc3o2)CC1)c1cc2cc(Cl)ccc2o1. The van der Waals surface area contributed by atoms with E-state index in [1.54, 1.807) is 48.5 Å². The molecule has 0 aliphatic carbocycles. The molecule has 3 heterocycles. The summed E-state index contributed by atoms with van der Waals surface area (Å²) < 4.78 is 11.2. The molecule has 0 saturated carbocycles. The minimum atomic E-state index is -0.293. The molecule has 0 bridgehead atoms. The number of nitrogens with zero attached hydrogens (tertiary/aromatic N) is 1. The molecule has 1 saturated heterocycles. The topological polar surface area (TPSA) is 87.7 Å². The number of piperidine rings is 1. The maximum absolute atomic E-state index is 12.6. The van der Waals surface area contributed by atoms with Crippen molar-refractivity contribution < 1.29 is 18.4 Å². The number of carbonyl (C=O) groups excluding carboxylic acids is 2. The summed E-state index contributed by atoms with van der Waals surface area (Å²) in [5.41, 5.74) is 4.14. The predicted octanol–water partition coefficient (Wildman–Crippen LogP) is 5.27. The molecule has 4 aromatic rings. The van der Waals surface area contributed by atoms with Crippen LogP contribution in [0.1, 0.15) is 34.0 Å². The lowest BCUT2D eigenvalue weighted by atomic mass is 9.97. The van der Waals surface area contributed by atoms with Crippen molar-refractivity contribution in [3.8, 4) is 0 Å². The summed E-state index contributed by atoms with van der Waals surface area (Å²) in [5, 5.41) is 7.60. The highest BCUT2D eigenvalue weighted by Gasteiger charge is 2.23. The first kappa shape index (κ1) is 21.8. The van der Waals surface area contributed by atoms with Crippen LogP contribution >= 0.6 is 23.2 Å². The van der Waals surface area contributed by atoms with Crippen LogP contribution in [0.5, 0.6) is 0 Å². The van der Waals surface area contributed by atoms with E-state index in [1.807, 2.05) is 5.01 Å². The number of hydrogen-bond acceptors (Lipinski definition) is 5. The molecule has 7 nitrogen and oxygen atoms in total. The molecule has 0 unspecified atom stereocenters. The molecule has 2 aromatic heterocycles. The molecule has 5 rings (SSSR count). The van der Waals surface area contributed by atoms with Gasteiger partial charge in [-0.2, -0.15) is 0 Å². The van der Waals surface area contributed by atoms with Gasteiger partial charge < -0.3 is 14.2 Å². The number of halogens is 2. The predicted molar refractivity (Wildman–Crippen MR) is 127 cm³/mol. The molecule has 170 valence electrons. The van der Waals surface area contributed by atoms with E-state index in [-0.39, 0.29) is 23.3 Å². The molecule has 33 heavy (non-hydrogen) atoms. The summed E-state index contributed by atoms with van der Waals surface area (Å²) >= 11 is 12.0. The van der Waals surface area contributed by atoms with Crippen molar-refractivity contribution in [2.75, 3.05) is 19.6 Å². The minimum Gasteiger partial charge on any atom is -0.451 e. The minimum absolute atomic E-state index is 0.244. The highest BCUT2D eigenvalue weighted by Crippen LogP contribution is 2.24. The van der Waals surface area contributed by atoms with E-state index in [2.05, 4.69) is 10.7 Å². The third kappa shape index (κ3) is 4.85. The van der Waals surface area contributed by atoms with Gasteiger partial charge in [-0.25, -0.2) is 5.01 Å². The van der Waals surface area contributed by atoms with Crippen LogP contribution in [0.2, 0.25) is 10.0 Å². The molecule has 9 heteroatoms. The lowest BCUT2D eigenvalue weighted by molar-refractivity contribution is 0.0673. The Morgan fingerprint density at radius 1 is 0.848 bits per heavy atom. The second kappa shape index (κ2) is 9.09. The Hall–Kier alpha value is -3.00. The van der Waals surface area contributed by atoms with Gasteiger partial charge in [-0.1, -0.05) is 23.2 Å². The lowest BCUT2D eigenvalue weighted by Gasteiger charge is -2.31. The van der Waals surface area contributed by atoms with Crippen LogP contribution in [0.15, 0.2) is 57.4 Å². The number of hydrazine groups is 1. The fraction of sp³-hybridized carbons (Fsp3) is 0.250. The highest BCUT2D eigenvalue weighted by molar-refractivity contribution is 6.31. The first-order chi connectivity index (χ1) is 15.9. The smallest absolute Gasteiger partial charge is 0.301 e. The fourth-order valence-corrected chi connectivity index (χ4v) is 4.39. The molecule has 1 aliphatic rings. The monoisotopic (exact) mass is 485 g/mol. The van der Waals surface area contributed by atoms with Crippen LogP contribution in [0.25, 0.3) is 21.9 Å². The van der Waals surface area contributed by atoms with E-state index in [0.29, 0.717) is 46.8 Å². The second-order valence-electron chi connectivity index (χ2n) is 8.17. The summed E-state index contributed by atoms with van der Waals surface area (Å²) in [7, 11) is 0. The van der Waals surface area contributed by atoms with Crippen LogP contribution in [0.3, 0.4) is 0 Å². The van der Waals surface area contributed by atoms with Crippen LogP contribution in [-0.4, -0.2) is 36.5 Å². The van der Waals surface area contributed by atoms with Gasteiger partial charge in [0.2, 0.25) is 0 Å². The number of fused-ring (bicyclic) bond motifs is 2. The average Bonchev–Trinajstić information content (AvgIpc) is 3.42. The van der Waals surface area contributed by atoms with Gasteiger partial charge in [-0.15, -0.1) is 0 Å². The van der Waals surface area contributed by atoms with Crippen LogP contribution in [0, 0.1) is 5.92 Å².